The third-order valence-corrected chi connectivity index (χ3v) is 4.71. The quantitative estimate of drug-likeness (QED) is 0.474. The number of hydrogen-bond acceptors (Lipinski definition) is 2. The van der Waals surface area contributed by atoms with E-state index in [1.807, 2.05) is 62.4 Å². The molecule has 4 rings (SSSR count). The Balaban J connectivity index is 2.23. The largest absolute Gasteiger partial charge is 0.507 e. The summed E-state index contributed by atoms with van der Waals surface area (Å²) in [5.41, 5.74) is 3.40. The molecular weight excluding hydrogens is 296 g/mol. The van der Waals surface area contributed by atoms with Crippen molar-refractivity contribution in [2.75, 3.05) is 0 Å². The Labute approximate surface area is 140 Å². The maximum Gasteiger partial charge on any atom is 0.124 e. The van der Waals surface area contributed by atoms with E-state index in [-0.39, 0.29) is 11.5 Å². The van der Waals surface area contributed by atoms with Crippen LogP contribution in [0.5, 0.6) is 11.5 Å². The zero-order valence-electron chi connectivity index (χ0n) is 13.7. The zero-order valence-corrected chi connectivity index (χ0v) is 13.7. The van der Waals surface area contributed by atoms with Crippen LogP contribution in [0, 0.1) is 13.8 Å². The fraction of sp³-hybridized carbons (Fsp3) is 0.0909. The summed E-state index contributed by atoms with van der Waals surface area (Å²) in [5, 5.41) is 25.4. The van der Waals surface area contributed by atoms with Crippen LogP contribution < -0.4 is 0 Å². The summed E-state index contributed by atoms with van der Waals surface area (Å²) in [6.45, 7) is 3.97. The van der Waals surface area contributed by atoms with Gasteiger partial charge in [-0.2, -0.15) is 0 Å². The second-order valence-corrected chi connectivity index (χ2v) is 6.27. The number of fused-ring (bicyclic) bond motifs is 2. The minimum absolute atomic E-state index is 0.190. The average Bonchev–Trinajstić information content (AvgIpc) is 2.57. The van der Waals surface area contributed by atoms with Crippen molar-refractivity contribution in [2.45, 2.75) is 13.8 Å². The number of phenols is 2. The van der Waals surface area contributed by atoms with Crippen molar-refractivity contribution in [3.63, 3.8) is 0 Å². The second-order valence-electron chi connectivity index (χ2n) is 6.27. The van der Waals surface area contributed by atoms with Crippen LogP contribution in [0.25, 0.3) is 32.7 Å². The Morgan fingerprint density at radius 3 is 1.25 bits per heavy atom. The Morgan fingerprint density at radius 1 is 0.542 bits per heavy atom. The van der Waals surface area contributed by atoms with Gasteiger partial charge in [0.15, 0.2) is 0 Å². The number of hydrogen-bond donors (Lipinski definition) is 2. The highest BCUT2D eigenvalue weighted by molar-refractivity contribution is 6.10. The minimum Gasteiger partial charge on any atom is -0.507 e. The van der Waals surface area contributed by atoms with Gasteiger partial charge in [-0.05, 0) is 58.7 Å². The molecule has 0 heterocycles. The molecule has 0 aromatic heterocycles. The molecule has 0 fully saturated rings. The average molecular weight is 314 g/mol. The molecule has 0 aliphatic heterocycles. The summed E-state index contributed by atoms with van der Waals surface area (Å²) in [6, 6.07) is 19.5. The predicted octanol–water partition coefficient (Wildman–Crippen LogP) is 5.69. The Kier molecular flexibility index (Phi) is 3.20. The van der Waals surface area contributed by atoms with E-state index >= 15 is 0 Å². The SMILES string of the molecule is Cc1cc(O)c(-c2c(O)cc(C)c3ccccc23)c2ccccc12. The van der Waals surface area contributed by atoms with Gasteiger partial charge in [-0.3, -0.25) is 0 Å². The van der Waals surface area contributed by atoms with E-state index in [4.69, 9.17) is 0 Å². The molecule has 0 saturated heterocycles. The summed E-state index contributed by atoms with van der Waals surface area (Å²) in [5.74, 6) is 0.381. The van der Waals surface area contributed by atoms with Gasteiger partial charge in [-0.1, -0.05) is 48.5 Å². The zero-order chi connectivity index (χ0) is 16.8. The molecule has 0 radical (unpaired) electrons. The van der Waals surface area contributed by atoms with Crippen LogP contribution in [-0.2, 0) is 0 Å². The highest BCUT2D eigenvalue weighted by Crippen LogP contribution is 2.46. The lowest BCUT2D eigenvalue weighted by atomic mass is 9.89. The lowest BCUT2D eigenvalue weighted by Crippen LogP contribution is -1.90. The monoisotopic (exact) mass is 314 g/mol. The van der Waals surface area contributed by atoms with Crippen LogP contribution in [0.1, 0.15) is 11.1 Å². The van der Waals surface area contributed by atoms with Gasteiger partial charge in [-0.15, -0.1) is 0 Å². The Bertz CT molecular complexity index is 1000. The molecule has 2 N–H and O–H groups in total. The van der Waals surface area contributed by atoms with Gasteiger partial charge in [0.2, 0.25) is 0 Å². The molecule has 0 unspecified atom stereocenters. The first-order chi connectivity index (χ1) is 11.6. The van der Waals surface area contributed by atoms with Crippen molar-refractivity contribution in [1.29, 1.82) is 0 Å². The molecule has 0 bridgehead atoms. The first-order valence-electron chi connectivity index (χ1n) is 8.01. The first kappa shape index (κ1) is 14.6. The van der Waals surface area contributed by atoms with E-state index in [0.29, 0.717) is 11.1 Å². The summed E-state index contributed by atoms with van der Waals surface area (Å²) in [7, 11) is 0. The summed E-state index contributed by atoms with van der Waals surface area (Å²) < 4.78 is 0. The van der Waals surface area contributed by atoms with E-state index in [1.54, 1.807) is 12.1 Å². The van der Waals surface area contributed by atoms with Gasteiger partial charge in [0, 0.05) is 11.1 Å². The fourth-order valence-electron chi connectivity index (χ4n) is 3.60. The topological polar surface area (TPSA) is 40.5 Å². The van der Waals surface area contributed by atoms with E-state index in [2.05, 4.69) is 0 Å². The van der Waals surface area contributed by atoms with Crippen molar-refractivity contribution in [3.8, 4) is 22.6 Å². The van der Waals surface area contributed by atoms with Crippen LogP contribution in [0.3, 0.4) is 0 Å². The van der Waals surface area contributed by atoms with Gasteiger partial charge in [0.05, 0.1) is 0 Å². The van der Waals surface area contributed by atoms with Crippen molar-refractivity contribution in [3.05, 3.63) is 71.8 Å². The fourth-order valence-corrected chi connectivity index (χ4v) is 3.60. The molecule has 2 nitrogen and oxygen atoms in total. The molecule has 4 aromatic rings. The molecule has 4 aromatic carbocycles. The number of aromatic hydroxyl groups is 2. The normalized spacial score (nSPS) is 11.2. The number of rotatable bonds is 1. The van der Waals surface area contributed by atoms with Crippen molar-refractivity contribution < 1.29 is 10.2 Å². The highest BCUT2D eigenvalue weighted by atomic mass is 16.3. The van der Waals surface area contributed by atoms with Crippen LogP contribution in [0.2, 0.25) is 0 Å². The standard InChI is InChI=1S/C22H18O2/c1-13-11-19(23)21(17-9-5-3-7-15(13)17)22-18-10-6-4-8-16(18)14(2)12-20(22)24/h3-12,23-24H,1-2H3. The molecule has 118 valence electrons. The van der Waals surface area contributed by atoms with Crippen LogP contribution in [-0.4, -0.2) is 10.2 Å². The molecule has 2 heteroatoms. The van der Waals surface area contributed by atoms with Gasteiger partial charge < -0.3 is 10.2 Å². The molecule has 24 heavy (non-hydrogen) atoms. The van der Waals surface area contributed by atoms with Crippen molar-refractivity contribution in [2.24, 2.45) is 0 Å². The molecule has 0 aliphatic rings. The lowest BCUT2D eigenvalue weighted by molar-refractivity contribution is 0.470. The van der Waals surface area contributed by atoms with Crippen molar-refractivity contribution in [1.82, 2.24) is 0 Å². The van der Waals surface area contributed by atoms with E-state index in [1.165, 1.54) is 0 Å². The molecule has 0 atom stereocenters. The number of benzene rings is 4. The second kappa shape index (κ2) is 5.27. The molecule has 0 spiro atoms. The van der Waals surface area contributed by atoms with Gasteiger partial charge in [0.25, 0.3) is 0 Å². The summed E-state index contributed by atoms with van der Waals surface area (Å²) in [4.78, 5) is 0. The van der Waals surface area contributed by atoms with E-state index in [9.17, 15) is 10.2 Å². The molecule has 0 amide bonds. The predicted molar refractivity (Wildman–Crippen MR) is 99.7 cm³/mol. The smallest absolute Gasteiger partial charge is 0.124 e. The van der Waals surface area contributed by atoms with Crippen LogP contribution in [0.15, 0.2) is 60.7 Å². The van der Waals surface area contributed by atoms with Gasteiger partial charge in [0.1, 0.15) is 11.5 Å². The molecule has 0 aliphatic carbocycles. The molecule has 0 saturated carbocycles. The minimum atomic E-state index is 0.190. The maximum absolute atomic E-state index is 10.7. The van der Waals surface area contributed by atoms with Crippen LogP contribution in [0.4, 0.5) is 0 Å². The number of aryl methyl sites for hydroxylation is 2. The Hall–Kier alpha value is -3.00. The Morgan fingerprint density at radius 2 is 0.875 bits per heavy atom. The van der Waals surface area contributed by atoms with Crippen LogP contribution >= 0.6 is 0 Å². The highest BCUT2D eigenvalue weighted by Gasteiger charge is 2.18. The third kappa shape index (κ3) is 2.04. The lowest BCUT2D eigenvalue weighted by Gasteiger charge is -2.16. The first-order valence-corrected chi connectivity index (χ1v) is 8.01. The summed E-state index contributed by atoms with van der Waals surface area (Å²) >= 11 is 0. The summed E-state index contributed by atoms with van der Waals surface area (Å²) in [6.07, 6.45) is 0. The molecular formula is C22H18O2. The maximum atomic E-state index is 10.7. The van der Waals surface area contributed by atoms with Gasteiger partial charge in [-0.25, -0.2) is 0 Å². The van der Waals surface area contributed by atoms with Gasteiger partial charge >= 0.3 is 0 Å². The van der Waals surface area contributed by atoms with E-state index in [0.717, 1.165) is 32.7 Å². The van der Waals surface area contributed by atoms with Crippen molar-refractivity contribution >= 4 is 21.5 Å². The third-order valence-electron chi connectivity index (χ3n) is 4.71. The number of phenolic OH excluding ortho intramolecular Hbond substituents is 2. The van der Waals surface area contributed by atoms with E-state index < -0.39 is 0 Å².